The number of ether oxygens (including phenoxy) is 1. The van der Waals surface area contributed by atoms with Crippen molar-refractivity contribution in [2.24, 2.45) is 0 Å². The molecule has 1 amide bonds. The fraction of sp³-hybridized carbons (Fsp3) is 0.200. The molecule has 5 nitrogen and oxygen atoms in total. The Morgan fingerprint density at radius 2 is 2.29 bits per heavy atom. The van der Waals surface area contributed by atoms with Crippen LogP contribution in [0.3, 0.4) is 0 Å². The first kappa shape index (κ1) is 15.1. The Balaban J connectivity index is 2.16. The summed E-state index contributed by atoms with van der Waals surface area (Å²) in [6.45, 7) is 3.56. The van der Waals surface area contributed by atoms with Crippen LogP contribution >= 0.6 is 11.6 Å². The fourth-order valence-electron chi connectivity index (χ4n) is 1.92. The summed E-state index contributed by atoms with van der Waals surface area (Å²) >= 11 is 5.90. The smallest absolute Gasteiger partial charge is 0.326 e. The predicted octanol–water partition coefficient (Wildman–Crippen LogP) is 2.26. The molecule has 2 N–H and O–H groups in total. The largest absolute Gasteiger partial charge is 0.488 e. The van der Waals surface area contributed by atoms with Gasteiger partial charge in [-0.1, -0.05) is 17.7 Å². The van der Waals surface area contributed by atoms with E-state index in [0.29, 0.717) is 21.9 Å². The van der Waals surface area contributed by atoms with Crippen LogP contribution in [-0.4, -0.2) is 29.6 Å². The second kappa shape index (κ2) is 6.45. The van der Waals surface area contributed by atoms with Gasteiger partial charge in [0.25, 0.3) is 5.91 Å². The van der Waals surface area contributed by atoms with Crippen LogP contribution in [0.4, 0.5) is 0 Å². The minimum atomic E-state index is -1.11. The summed E-state index contributed by atoms with van der Waals surface area (Å²) in [4.78, 5) is 23.1. The number of nitrogens with one attached hydrogen (secondary N) is 1. The van der Waals surface area contributed by atoms with E-state index in [1.165, 1.54) is 6.08 Å². The Bertz CT molecular complexity index is 624. The van der Waals surface area contributed by atoms with Crippen molar-refractivity contribution in [2.45, 2.75) is 12.5 Å². The third kappa shape index (κ3) is 3.64. The van der Waals surface area contributed by atoms with E-state index in [-0.39, 0.29) is 13.0 Å². The number of benzene rings is 1. The van der Waals surface area contributed by atoms with E-state index in [4.69, 9.17) is 21.4 Å². The van der Waals surface area contributed by atoms with Gasteiger partial charge in [-0.2, -0.15) is 0 Å². The molecule has 110 valence electrons. The van der Waals surface area contributed by atoms with Crippen LogP contribution in [-0.2, 0) is 9.59 Å². The summed E-state index contributed by atoms with van der Waals surface area (Å²) in [6.07, 6.45) is 3.24. The highest BCUT2D eigenvalue weighted by Gasteiger charge is 2.23. The molecular formula is C15H14ClNO4. The third-order valence-corrected chi connectivity index (χ3v) is 3.22. The molecule has 0 spiro atoms. The maximum absolute atomic E-state index is 12.1. The van der Waals surface area contributed by atoms with Gasteiger partial charge >= 0.3 is 5.97 Å². The van der Waals surface area contributed by atoms with Crippen molar-refractivity contribution >= 4 is 29.6 Å². The first-order valence-corrected chi connectivity index (χ1v) is 6.66. The van der Waals surface area contributed by atoms with E-state index in [1.807, 2.05) is 0 Å². The molecule has 1 aliphatic rings. The maximum atomic E-state index is 12.1. The molecule has 2 rings (SSSR count). The van der Waals surface area contributed by atoms with Crippen LogP contribution in [0.5, 0.6) is 5.75 Å². The zero-order chi connectivity index (χ0) is 15.4. The molecule has 6 heteroatoms. The van der Waals surface area contributed by atoms with Gasteiger partial charge in [-0.3, -0.25) is 4.79 Å². The van der Waals surface area contributed by atoms with Gasteiger partial charge in [0.05, 0.1) is 5.57 Å². The van der Waals surface area contributed by atoms with E-state index >= 15 is 0 Å². The van der Waals surface area contributed by atoms with Gasteiger partial charge in [-0.25, -0.2) is 4.79 Å². The Hall–Kier alpha value is -2.27. The molecule has 0 saturated heterocycles. The second-order valence-electron chi connectivity index (χ2n) is 4.53. The average molecular weight is 308 g/mol. The lowest BCUT2D eigenvalue weighted by atomic mass is 10.1. The van der Waals surface area contributed by atoms with Crippen LogP contribution in [0, 0.1) is 0 Å². The summed E-state index contributed by atoms with van der Waals surface area (Å²) < 4.78 is 5.46. The van der Waals surface area contributed by atoms with Crippen LogP contribution in [0.2, 0.25) is 5.02 Å². The van der Waals surface area contributed by atoms with Crippen molar-refractivity contribution in [3.63, 3.8) is 0 Å². The molecule has 21 heavy (non-hydrogen) atoms. The van der Waals surface area contributed by atoms with E-state index in [2.05, 4.69) is 11.9 Å². The molecular weight excluding hydrogens is 294 g/mol. The van der Waals surface area contributed by atoms with Crippen molar-refractivity contribution in [3.05, 3.63) is 47.0 Å². The lowest BCUT2D eigenvalue weighted by Crippen LogP contribution is -2.42. The SMILES string of the molecule is C=CCC(NC(=O)C1=Cc2cc(Cl)ccc2OC1)C(=O)O. The van der Waals surface area contributed by atoms with Crippen molar-refractivity contribution in [1.82, 2.24) is 5.32 Å². The Morgan fingerprint density at radius 3 is 2.95 bits per heavy atom. The summed E-state index contributed by atoms with van der Waals surface area (Å²) in [5.41, 5.74) is 1.04. The normalized spacial score (nSPS) is 14.2. The van der Waals surface area contributed by atoms with Gasteiger partial charge in [0.2, 0.25) is 0 Å². The molecule has 1 unspecified atom stereocenters. The molecule has 1 aromatic rings. The molecule has 1 heterocycles. The standard InChI is InChI=1S/C15H14ClNO4/c1-2-3-12(15(19)20)17-14(18)10-6-9-7-11(16)4-5-13(9)21-8-10/h2,4-7,12H,1,3,8H2,(H,17,18)(H,19,20). The highest BCUT2D eigenvalue weighted by Crippen LogP contribution is 2.28. The number of carbonyl (C=O) groups excluding carboxylic acids is 1. The molecule has 1 aromatic carbocycles. The highest BCUT2D eigenvalue weighted by molar-refractivity contribution is 6.30. The van der Waals surface area contributed by atoms with Gasteiger partial charge < -0.3 is 15.2 Å². The maximum Gasteiger partial charge on any atom is 0.326 e. The van der Waals surface area contributed by atoms with Crippen molar-refractivity contribution < 1.29 is 19.4 Å². The molecule has 0 bridgehead atoms. The van der Waals surface area contributed by atoms with E-state index in [9.17, 15) is 9.59 Å². The van der Waals surface area contributed by atoms with Gasteiger partial charge in [-0.15, -0.1) is 6.58 Å². The molecule has 0 radical (unpaired) electrons. The van der Waals surface area contributed by atoms with E-state index in [1.54, 1.807) is 24.3 Å². The van der Waals surface area contributed by atoms with Crippen LogP contribution in [0.15, 0.2) is 36.4 Å². The van der Waals surface area contributed by atoms with Crippen LogP contribution in [0.25, 0.3) is 6.08 Å². The fourth-order valence-corrected chi connectivity index (χ4v) is 2.10. The third-order valence-electron chi connectivity index (χ3n) is 2.98. The molecule has 0 aliphatic carbocycles. The van der Waals surface area contributed by atoms with E-state index in [0.717, 1.165) is 0 Å². The number of carboxylic acid groups (broad SMARTS) is 1. The summed E-state index contributed by atoms with van der Waals surface area (Å²) in [7, 11) is 0. The van der Waals surface area contributed by atoms with Crippen molar-refractivity contribution in [1.29, 1.82) is 0 Å². The summed E-state index contributed by atoms with van der Waals surface area (Å²) in [5.74, 6) is -0.948. The molecule has 0 aromatic heterocycles. The highest BCUT2D eigenvalue weighted by atomic mass is 35.5. The summed E-state index contributed by atoms with van der Waals surface area (Å²) in [6, 6.07) is 4.10. The van der Waals surface area contributed by atoms with E-state index < -0.39 is 17.9 Å². The summed E-state index contributed by atoms with van der Waals surface area (Å²) in [5, 5.41) is 12.0. The first-order chi connectivity index (χ1) is 10.0. The van der Waals surface area contributed by atoms with Gasteiger partial charge in [0.1, 0.15) is 18.4 Å². The predicted molar refractivity (Wildman–Crippen MR) is 79.3 cm³/mol. The number of rotatable bonds is 5. The zero-order valence-corrected chi connectivity index (χ0v) is 11.9. The number of halogens is 1. The monoisotopic (exact) mass is 307 g/mol. The van der Waals surface area contributed by atoms with Gasteiger partial charge in [0, 0.05) is 10.6 Å². The number of hydrogen-bond acceptors (Lipinski definition) is 3. The molecule has 0 fully saturated rings. The average Bonchev–Trinajstić information content (AvgIpc) is 2.45. The first-order valence-electron chi connectivity index (χ1n) is 6.28. The topological polar surface area (TPSA) is 75.6 Å². The molecule has 1 atom stereocenters. The second-order valence-corrected chi connectivity index (χ2v) is 4.97. The lowest BCUT2D eigenvalue weighted by Gasteiger charge is -2.19. The molecule has 1 aliphatic heterocycles. The Kier molecular flexibility index (Phi) is 4.65. The number of fused-ring (bicyclic) bond motifs is 1. The number of amides is 1. The van der Waals surface area contributed by atoms with Crippen LogP contribution in [0.1, 0.15) is 12.0 Å². The van der Waals surface area contributed by atoms with Gasteiger partial charge in [0.15, 0.2) is 0 Å². The van der Waals surface area contributed by atoms with Gasteiger partial charge in [-0.05, 0) is 30.7 Å². The number of hydrogen-bond donors (Lipinski definition) is 2. The minimum absolute atomic E-state index is 0.0842. The number of aliphatic carboxylic acids is 1. The zero-order valence-electron chi connectivity index (χ0n) is 11.1. The van der Waals surface area contributed by atoms with Crippen LogP contribution < -0.4 is 10.1 Å². The minimum Gasteiger partial charge on any atom is -0.488 e. The van der Waals surface area contributed by atoms with Crippen molar-refractivity contribution in [2.75, 3.05) is 6.61 Å². The van der Waals surface area contributed by atoms with Crippen molar-refractivity contribution in [3.8, 4) is 5.75 Å². The number of carbonyl (C=O) groups is 2. The Labute approximate surface area is 126 Å². The molecule has 0 saturated carbocycles. The lowest BCUT2D eigenvalue weighted by molar-refractivity contribution is -0.141. The Morgan fingerprint density at radius 1 is 1.52 bits per heavy atom. The quantitative estimate of drug-likeness (QED) is 0.818. The number of carboxylic acids is 1.